The number of fused-ring (bicyclic) bond motifs is 2. The summed E-state index contributed by atoms with van der Waals surface area (Å²) in [7, 11) is 5.30. The molecule has 5 heteroatoms. The van der Waals surface area contributed by atoms with Crippen LogP contribution in [0.3, 0.4) is 0 Å². The lowest BCUT2D eigenvalue weighted by molar-refractivity contribution is 0.295. The number of benzene rings is 2. The molecule has 0 spiro atoms. The van der Waals surface area contributed by atoms with Gasteiger partial charge >= 0.3 is 0 Å². The maximum absolute atomic E-state index is 6.32. The lowest BCUT2D eigenvalue weighted by Gasteiger charge is -2.26. The van der Waals surface area contributed by atoms with Gasteiger partial charge in [0.25, 0.3) is 0 Å². The Morgan fingerprint density at radius 1 is 1.05 bits per heavy atom. The molecule has 3 rings (SSSR count). The topological polar surface area (TPSA) is 30.9 Å². The highest BCUT2D eigenvalue weighted by molar-refractivity contribution is 6.31. The molecule has 0 aliphatic carbocycles. The summed E-state index contributed by atoms with van der Waals surface area (Å²) in [5.74, 6) is 2.87. The third-order valence-corrected chi connectivity index (χ3v) is 4.08. The fourth-order valence-electron chi connectivity index (χ4n) is 2.64. The third kappa shape index (κ3) is 2.72. The van der Waals surface area contributed by atoms with Crippen molar-refractivity contribution in [3.63, 3.8) is 0 Å². The Labute approximate surface area is 135 Å². The van der Waals surface area contributed by atoms with Gasteiger partial charge < -0.3 is 14.2 Å². The van der Waals surface area contributed by atoms with E-state index >= 15 is 0 Å². The SMILES string of the molecule is COc1cc2c(cc1OC)Oc1cccc(Cl)c1CN(C)C2. The molecule has 2 aromatic rings. The van der Waals surface area contributed by atoms with Crippen LogP contribution in [-0.2, 0) is 13.1 Å². The van der Waals surface area contributed by atoms with Crippen molar-refractivity contribution in [2.24, 2.45) is 0 Å². The van der Waals surface area contributed by atoms with Crippen molar-refractivity contribution in [2.45, 2.75) is 13.1 Å². The number of ether oxygens (including phenoxy) is 3. The van der Waals surface area contributed by atoms with Crippen molar-refractivity contribution in [2.75, 3.05) is 21.3 Å². The van der Waals surface area contributed by atoms with E-state index in [1.165, 1.54) is 0 Å². The number of halogens is 1. The summed E-state index contributed by atoms with van der Waals surface area (Å²) < 4.78 is 16.9. The highest BCUT2D eigenvalue weighted by Crippen LogP contribution is 2.40. The first kappa shape index (κ1) is 15.0. The number of hydrogen-bond acceptors (Lipinski definition) is 4. The van der Waals surface area contributed by atoms with Crippen LogP contribution >= 0.6 is 11.6 Å². The highest BCUT2D eigenvalue weighted by atomic mass is 35.5. The smallest absolute Gasteiger partial charge is 0.164 e. The minimum absolute atomic E-state index is 0.646. The van der Waals surface area contributed by atoms with Gasteiger partial charge in [-0.3, -0.25) is 4.90 Å². The molecule has 0 bridgehead atoms. The lowest BCUT2D eigenvalue weighted by Crippen LogP contribution is -2.20. The van der Waals surface area contributed by atoms with Gasteiger partial charge in [-0.25, -0.2) is 0 Å². The Kier molecular flexibility index (Phi) is 4.14. The van der Waals surface area contributed by atoms with E-state index in [2.05, 4.69) is 11.9 Å². The Morgan fingerprint density at radius 2 is 1.77 bits per heavy atom. The third-order valence-electron chi connectivity index (χ3n) is 3.73. The van der Waals surface area contributed by atoms with E-state index in [0.717, 1.165) is 35.7 Å². The standard InChI is InChI=1S/C17H18ClNO3/c1-19-9-11-7-16(20-2)17(21-3)8-15(11)22-14-6-4-5-13(18)12(14)10-19/h4-8H,9-10H2,1-3H3. The second kappa shape index (κ2) is 6.07. The minimum atomic E-state index is 0.646. The molecule has 1 aliphatic heterocycles. The molecule has 1 heterocycles. The number of methoxy groups -OCH3 is 2. The zero-order chi connectivity index (χ0) is 15.7. The maximum Gasteiger partial charge on any atom is 0.164 e. The predicted molar refractivity (Wildman–Crippen MR) is 86.2 cm³/mol. The van der Waals surface area contributed by atoms with Crippen LogP contribution in [0.25, 0.3) is 0 Å². The van der Waals surface area contributed by atoms with Crippen LogP contribution in [0, 0.1) is 0 Å². The summed E-state index contributed by atoms with van der Waals surface area (Å²) in [4.78, 5) is 2.19. The van der Waals surface area contributed by atoms with Gasteiger partial charge in [-0.15, -0.1) is 0 Å². The second-order valence-corrected chi connectivity index (χ2v) is 5.71. The molecule has 0 saturated heterocycles. The van der Waals surface area contributed by atoms with Gasteiger partial charge in [-0.1, -0.05) is 17.7 Å². The normalized spacial score (nSPS) is 14.2. The molecule has 0 radical (unpaired) electrons. The van der Waals surface area contributed by atoms with Crippen LogP contribution in [0.4, 0.5) is 0 Å². The second-order valence-electron chi connectivity index (χ2n) is 5.31. The van der Waals surface area contributed by atoms with Gasteiger partial charge in [0.1, 0.15) is 11.5 Å². The van der Waals surface area contributed by atoms with Gasteiger partial charge in [-0.2, -0.15) is 0 Å². The Hall–Kier alpha value is -1.91. The summed E-state index contributed by atoms with van der Waals surface area (Å²) >= 11 is 6.32. The first-order chi connectivity index (χ1) is 10.6. The summed E-state index contributed by atoms with van der Waals surface area (Å²) in [6, 6.07) is 9.52. The van der Waals surface area contributed by atoms with Crippen LogP contribution in [0.5, 0.6) is 23.0 Å². The van der Waals surface area contributed by atoms with E-state index in [9.17, 15) is 0 Å². The van der Waals surface area contributed by atoms with Gasteiger partial charge in [0.15, 0.2) is 11.5 Å². The number of nitrogens with zero attached hydrogens (tertiary/aromatic N) is 1. The van der Waals surface area contributed by atoms with Crippen LogP contribution in [0.1, 0.15) is 11.1 Å². The van der Waals surface area contributed by atoms with Crippen molar-refractivity contribution in [3.8, 4) is 23.0 Å². The summed E-state index contributed by atoms with van der Waals surface area (Å²) in [5, 5.41) is 0.716. The number of hydrogen-bond donors (Lipinski definition) is 0. The molecule has 0 N–H and O–H groups in total. The van der Waals surface area contributed by atoms with E-state index < -0.39 is 0 Å². The van der Waals surface area contributed by atoms with E-state index in [0.29, 0.717) is 16.5 Å². The predicted octanol–water partition coefficient (Wildman–Crippen LogP) is 4.09. The van der Waals surface area contributed by atoms with Crippen LogP contribution in [0.2, 0.25) is 5.02 Å². The molecular formula is C17H18ClNO3. The highest BCUT2D eigenvalue weighted by Gasteiger charge is 2.20. The zero-order valence-corrected chi connectivity index (χ0v) is 13.6. The Morgan fingerprint density at radius 3 is 2.50 bits per heavy atom. The molecule has 116 valence electrons. The van der Waals surface area contributed by atoms with E-state index in [1.54, 1.807) is 14.2 Å². The summed E-state index contributed by atoms with van der Waals surface area (Å²) in [6.45, 7) is 1.46. The van der Waals surface area contributed by atoms with Crippen LogP contribution in [-0.4, -0.2) is 26.2 Å². The Balaban J connectivity index is 2.13. The zero-order valence-electron chi connectivity index (χ0n) is 12.9. The van der Waals surface area contributed by atoms with Gasteiger partial charge in [0.05, 0.1) is 14.2 Å². The van der Waals surface area contributed by atoms with Crippen molar-refractivity contribution < 1.29 is 14.2 Å². The fraction of sp³-hybridized carbons (Fsp3) is 0.294. The fourth-order valence-corrected chi connectivity index (χ4v) is 2.87. The van der Waals surface area contributed by atoms with Crippen molar-refractivity contribution in [1.82, 2.24) is 4.90 Å². The van der Waals surface area contributed by atoms with E-state index in [-0.39, 0.29) is 0 Å². The molecule has 0 saturated carbocycles. The number of rotatable bonds is 2. The van der Waals surface area contributed by atoms with Crippen LogP contribution in [0.15, 0.2) is 30.3 Å². The van der Waals surface area contributed by atoms with Crippen molar-refractivity contribution in [3.05, 3.63) is 46.5 Å². The molecule has 2 aromatic carbocycles. The summed E-state index contributed by atoms with van der Waals surface area (Å²) in [6.07, 6.45) is 0. The molecule has 4 nitrogen and oxygen atoms in total. The molecule has 0 atom stereocenters. The van der Waals surface area contributed by atoms with Crippen molar-refractivity contribution in [1.29, 1.82) is 0 Å². The van der Waals surface area contributed by atoms with Crippen LogP contribution < -0.4 is 14.2 Å². The molecule has 0 unspecified atom stereocenters. The van der Waals surface area contributed by atoms with Gasteiger partial charge in [-0.05, 0) is 25.2 Å². The van der Waals surface area contributed by atoms with E-state index in [4.69, 9.17) is 25.8 Å². The van der Waals surface area contributed by atoms with E-state index in [1.807, 2.05) is 30.3 Å². The lowest BCUT2D eigenvalue weighted by atomic mass is 10.1. The average Bonchev–Trinajstić information content (AvgIpc) is 2.50. The molecule has 22 heavy (non-hydrogen) atoms. The quantitative estimate of drug-likeness (QED) is 0.834. The van der Waals surface area contributed by atoms with Gasteiger partial charge in [0, 0.05) is 35.3 Å². The largest absolute Gasteiger partial charge is 0.493 e. The van der Waals surface area contributed by atoms with Gasteiger partial charge in [0.2, 0.25) is 0 Å². The monoisotopic (exact) mass is 319 g/mol. The maximum atomic E-state index is 6.32. The Bertz CT molecular complexity index is 703. The molecular weight excluding hydrogens is 302 g/mol. The molecule has 0 fully saturated rings. The molecule has 0 aromatic heterocycles. The van der Waals surface area contributed by atoms with Crippen molar-refractivity contribution >= 4 is 11.6 Å². The first-order valence-corrected chi connectivity index (χ1v) is 7.39. The first-order valence-electron chi connectivity index (χ1n) is 7.01. The molecule has 1 aliphatic rings. The summed E-state index contributed by atoms with van der Waals surface area (Å²) in [5.41, 5.74) is 2.04. The molecule has 0 amide bonds. The average molecular weight is 320 g/mol. The minimum Gasteiger partial charge on any atom is -0.493 e.